The number of hydrogen-bond acceptors (Lipinski definition) is 5. The van der Waals surface area contributed by atoms with Crippen molar-refractivity contribution < 1.29 is 19.7 Å². The number of ether oxygens (including phenoxy) is 1. The molecule has 0 spiro atoms. The quantitative estimate of drug-likeness (QED) is 0.350. The summed E-state index contributed by atoms with van der Waals surface area (Å²) in [5.74, 6) is -0.644. The van der Waals surface area contributed by atoms with Crippen LogP contribution in [0.4, 0.5) is 5.69 Å². The van der Waals surface area contributed by atoms with E-state index in [4.69, 9.17) is 4.74 Å². The van der Waals surface area contributed by atoms with Crippen molar-refractivity contribution in [3.05, 3.63) is 41.2 Å². The lowest BCUT2D eigenvalue weighted by Crippen LogP contribution is -2.11. The molecule has 0 aromatic heterocycles. The van der Waals surface area contributed by atoms with E-state index >= 15 is 0 Å². The molecule has 1 aromatic rings. The van der Waals surface area contributed by atoms with Gasteiger partial charge in [0.25, 0.3) is 0 Å². The number of carbonyl (C=O) groups is 1. The van der Waals surface area contributed by atoms with Crippen LogP contribution in [0, 0.1) is 0 Å². The first-order valence-corrected chi connectivity index (χ1v) is 6.96. The van der Waals surface area contributed by atoms with Gasteiger partial charge in [0.15, 0.2) is 0 Å². The molecule has 0 saturated heterocycles. The Morgan fingerprint density at radius 2 is 2.05 bits per heavy atom. The minimum atomic E-state index is -0.603. The van der Waals surface area contributed by atoms with Gasteiger partial charge in [0, 0.05) is 18.2 Å². The molecule has 0 bridgehead atoms. The van der Waals surface area contributed by atoms with Crippen molar-refractivity contribution in [1.82, 2.24) is 0 Å². The monoisotopic (exact) mass is 291 g/mol. The van der Waals surface area contributed by atoms with Crippen LogP contribution in [-0.2, 0) is 16.1 Å². The third-order valence-corrected chi connectivity index (χ3v) is 2.79. The number of aliphatic hydroxyl groups excluding tert-OH is 2. The number of aliphatic hydroxyl groups is 2. The second kappa shape index (κ2) is 8.92. The molecule has 21 heavy (non-hydrogen) atoms. The molecule has 2 N–H and O–H groups in total. The second-order valence-electron chi connectivity index (χ2n) is 4.38. The van der Waals surface area contributed by atoms with Crippen LogP contribution < -0.4 is 0 Å². The van der Waals surface area contributed by atoms with Gasteiger partial charge in [-0.3, -0.25) is 4.99 Å². The van der Waals surface area contributed by atoms with Gasteiger partial charge in [-0.25, -0.2) is 4.79 Å². The molecule has 0 amide bonds. The van der Waals surface area contributed by atoms with E-state index in [0.717, 1.165) is 0 Å². The number of hydrogen-bond donors (Lipinski definition) is 2. The highest BCUT2D eigenvalue weighted by molar-refractivity contribution is 6.10. The maximum atomic E-state index is 11.9. The molecule has 0 atom stereocenters. The van der Waals surface area contributed by atoms with Crippen LogP contribution in [-0.4, -0.2) is 29.0 Å². The lowest BCUT2D eigenvalue weighted by molar-refractivity contribution is -0.138. The molecule has 0 aliphatic carbocycles. The minimum Gasteiger partial charge on any atom is -0.511 e. The van der Waals surface area contributed by atoms with Gasteiger partial charge in [-0.2, -0.15) is 0 Å². The molecule has 0 saturated carbocycles. The molecule has 114 valence electrons. The lowest BCUT2D eigenvalue weighted by Gasteiger charge is -2.06. The first-order chi connectivity index (χ1) is 10.1. The Labute approximate surface area is 124 Å². The number of aliphatic imine (C=N–C) groups is 1. The highest BCUT2D eigenvalue weighted by Gasteiger charge is 2.14. The van der Waals surface area contributed by atoms with Crippen LogP contribution in [0.25, 0.3) is 0 Å². The fraction of sp³-hybridized carbons (Fsp3) is 0.375. The Morgan fingerprint density at radius 3 is 2.67 bits per heavy atom. The summed E-state index contributed by atoms with van der Waals surface area (Å²) >= 11 is 0. The van der Waals surface area contributed by atoms with Crippen LogP contribution in [0.1, 0.15) is 32.3 Å². The van der Waals surface area contributed by atoms with Crippen LogP contribution >= 0.6 is 0 Å². The Balaban J connectivity index is 3.08. The van der Waals surface area contributed by atoms with Gasteiger partial charge < -0.3 is 14.9 Å². The zero-order valence-electron chi connectivity index (χ0n) is 12.4. The predicted molar refractivity (Wildman–Crippen MR) is 81.7 cm³/mol. The van der Waals surface area contributed by atoms with Crippen molar-refractivity contribution in [3.8, 4) is 0 Å². The summed E-state index contributed by atoms with van der Waals surface area (Å²) in [6.45, 7) is 3.68. The number of para-hydroxylation sites is 1. The number of nitrogens with zero attached hydrogens (tertiary/aromatic N) is 1. The maximum absolute atomic E-state index is 11.9. The van der Waals surface area contributed by atoms with E-state index < -0.39 is 5.97 Å². The van der Waals surface area contributed by atoms with Crippen LogP contribution in [0.3, 0.4) is 0 Å². The summed E-state index contributed by atoms with van der Waals surface area (Å²) in [6, 6.07) is 7.04. The fourth-order valence-electron chi connectivity index (χ4n) is 1.73. The van der Waals surface area contributed by atoms with E-state index in [9.17, 15) is 15.0 Å². The Hall–Kier alpha value is -2.14. The van der Waals surface area contributed by atoms with Crippen molar-refractivity contribution in [2.45, 2.75) is 33.3 Å². The second-order valence-corrected chi connectivity index (χ2v) is 4.38. The topological polar surface area (TPSA) is 79.1 Å². The van der Waals surface area contributed by atoms with Crippen molar-refractivity contribution in [1.29, 1.82) is 0 Å². The van der Waals surface area contributed by atoms with E-state index in [1.54, 1.807) is 31.2 Å². The van der Waals surface area contributed by atoms with Gasteiger partial charge in [0.2, 0.25) is 0 Å². The van der Waals surface area contributed by atoms with Gasteiger partial charge in [-0.15, -0.1) is 0 Å². The Kier molecular flexibility index (Phi) is 7.18. The van der Waals surface area contributed by atoms with E-state index in [-0.39, 0.29) is 24.5 Å². The van der Waals surface area contributed by atoms with Crippen LogP contribution in [0.5, 0.6) is 0 Å². The molecular formula is C16H21NO4. The van der Waals surface area contributed by atoms with Crippen LogP contribution in [0.15, 0.2) is 40.6 Å². The molecule has 0 unspecified atom stereocenters. The van der Waals surface area contributed by atoms with E-state index in [1.165, 1.54) is 6.21 Å². The molecule has 0 heterocycles. The predicted octanol–water partition coefficient (Wildman–Crippen LogP) is 3.06. The molecule has 0 fully saturated rings. The molecule has 5 nitrogen and oxygen atoms in total. The SMILES string of the molecule is CCC/C(O)=C(\C=Nc1ccccc1CO)C(=O)OCC. The Morgan fingerprint density at radius 1 is 1.33 bits per heavy atom. The van der Waals surface area contributed by atoms with Crippen molar-refractivity contribution in [3.63, 3.8) is 0 Å². The van der Waals surface area contributed by atoms with Gasteiger partial charge in [-0.1, -0.05) is 25.1 Å². The minimum absolute atomic E-state index is 0.0406. The summed E-state index contributed by atoms with van der Waals surface area (Å²) in [5.41, 5.74) is 1.24. The normalized spacial score (nSPS) is 12.3. The zero-order chi connectivity index (χ0) is 15.7. The summed E-state index contributed by atoms with van der Waals surface area (Å²) in [6.07, 6.45) is 2.37. The molecule has 1 aromatic carbocycles. The average Bonchev–Trinajstić information content (AvgIpc) is 2.48. The van der Waals surface area contributed by atoms with E-state index in [1.807, 2.05) is 6.92 Å². The van der Waals surface area contributed by atoms with Gasteiger partial charge in [0.1, 0.15) is 11.3 Å². The molecule has 0 aliphatic rings. The molecule has 1 rings (SSSR count). The third kappa shape index (κ3) is 5.04. The highest BCUT2D eigenvalue weighted by Crippen LogP contribution is 2.19. The summed E-state index contributed by atoms with van der Waals surface area (Å²) < 4.78 is 4.92. The van der Waals surface area contributed by atoms with Crippen LogP contribution in [0.2, 0.25) is 0 Å². The largest absolute Gasteiger partial charge is 0.511 e. The van der Waals surface area contributed by atoms with E-state index in [0.29, 0.717) is 24.1 Å². The smallest absolute Gasteiger partial charge is 0.343 e. The van der Waals surface area contributed by atoms with E-state index in [2.05, 4.69) is 4.99 Å². The number of carbonyl (C=O) groups excluding carboxylic acids is 1. The summed E-state index contributed by atoms with van der Waals surface area (Å²) in [7, 11) is 0. The molecule has 0 aliphatic heterocycles. The average molecular weight is 291 g/mol. The van der Waals surface area contributed by atoms with Gasteiger partial charge in [0.05, 0.1) is 18.9 Å². The van der Waals surface area contributed by atoms with Crippen molar-refractivity contribution in [2.24, 2.45) is 4.99 Å². The summed E-state index contributed by atoms with van der Waals surface area (Å²) in [4.78, 5) is 16.0. The molecule has 5 heteroatoms. The first-order valence-electron chi connectivity index (χ1n) is 6.96. The summed E-state index contributed by atoms with van der Waals surface area (Å²) in [5, 5.41) is 19.2. The van der Waals surface area contributed by atoms with Gasteiger partial charge >= 0.3 is 5.97 Å². The third-order valence-electron chi connectivity index (χ3n) is 2.79. The van der Waals surface area contributed by atoms with Crippen molar-refractivity contribution >= 4 is 17.9 Å². The number of allylic oxidation sites excluding steroid dienone is 1. The molecule has 0 radical (unpaired) electrons. The highest BCUT2D eigenvalue weighted by atomic mass is 16.5. The van der Waals surface area contributed by atoms with Gasteiger partial charge in [-0.05, 0) is 19.4 Å². The standard InChI is InChI=1S/C16H21NO4/c1-3-7-15(19)13(16(20)21-4-2)10-17-14-9-6-5-8-12(14)11-18/h5-6,8-10,18-19H,3-4,7,11H2,1-2H3/b15-13-,17-10?. The zero-order valence-corrected chi connectivity index (χ0v) is 12.4. The fourth-order valence-corrected chi connectivity index (χ4v) is 1.73. The Bertz CT molecular complexity index is 535. The number of benzene rings is 1. The first kappa shape index (κ1) is 16.9. The number of rotatable bonds is 7. The number of esters is 1. The lowest BCUT2D eigenvalue weighted by atomic mass is 10.1. The van der Waals surface area contributed by atoms with Crippen molar-refractivity contribution in [2.75, 3.05) is 6.61 Å². The molecular weight excluding hydrogens is 270 g/mol. The maximum Gasteiger partial charge on any atom is 0.343 e.